The maximum absolute atomic E-state index is 13.9. The quantitative estimate of drug-likeness (QED) is 0.129. The predicted octanol–water partition coefficient (Wildman–Crippen LogP) is 4.71. The molecule has 0 unspecified atom stereocenters. The minimum absolute atomic E-state index is 0.0725. The van der Waals surface area contributed by atoms with E-state index in [9.17, 15) is 31.5 Å². The van der Waals surface area contributed by atoms with Gasteiger partial charge >= 0.3 is 12.1 Å². The van der Waals surface area contributed by atoms with E-state index < -0.39 is 46.9 Å². The molecule has 0 amide bonds. The fraction of sp³-hybridized carbons (Fsp3) is 0.222. The van der Waals surface area contributed by atoms with Crippen molar-refractivity contribution in [1.29, 1.82) is 5.26 Å². The molecule has 41 heavy (non-hydrogen) atoms. The van der Waals surface area contributed by atoms with Crippen LogP contribution in [0.1, 0.15) is 51.3 Å². The highest BCUT2D eigenvalue weighted by Gasteiger charge is 2.34. The molecule has 1 aromatic carbocycles. The molecule has 1 atom stereocenters. The average molecular weight is 570 g/mol. The molecule has 14 heteroatoms. The van der Waals surface area contributed by atoms with E-state index in [4.69, 9.17) is 10.00 Å². The summed E-state index contributed by atoms with van der Waals surface area (Å²) in [4.78, 5) is 32.8. The Morgan fingerprint density at radius 3 is 2.49 bits per heavy atom. The van der Waals surface area contributed by atoms with Gasteiger partial charge in [-0.3, -0.25) is 19.3 Å². The van der Waals surface area contributed by atoms with Crippen molar-refractivity contribution in [2.24, 2.45) is 7.05 Å². The first-order valence-electron chi connectivity index (χ1n) is 11.9. The molecule has 0 spiro atoms. The summed E-state index contributed by atoms with van der Waals surface area (Å²) in [5.41, 5.74) is -1.02. The lowest BCUT2D eigenvalue weighted by Gasteiger charge is -2.14. The van der Waals surface area contributed by atoms with Crippen LogP contribution in [0, 0.1) is 23.1 Å². The molecule has 0 aliphatic rings. The van der Waals surface area contributed by atoms with Crippen molar-refractivity contribution in [1.82, 2.24) is 25.0 Å². The summed E-state index contributed by atoms with van der Waals surface area (Å²) in [7, 11) is 1.52. The van der Waals surface area contributed by atoms with Gasteiger partial charge in [-0.1, -0.05) is 11.3 Å². The third kappa shape index (κ3) is 6.57. The van der Waals surface area contributed by atoms with Crippen LogP contribution in [0.5, 0.6) is 0 Å². The number of rotatable bonds is 8. The van der Waals surface area contributed by atoms with Gasteiger partial charge in [-0.15, -0.1) is 5.10 Å². The van der Waals surface area contributed by atoms with Crippen molar-refractivity contribution in [3.63, 3.8) is 0 Å². The predicted molar refractivity (Wildman–Crippen MR) is 131 cm³/mol. The number of hydrogen-bond donors (Lipinski definition) is 0. The van der Waals surface area contributed by atoms with E-state index in [-0.39, 0.29) is 46.6 Å². The molecule has 0 aliphatic heterocycles. The van der Waals surface area contributed by atoms with E-state index in [1.54, 1.807) is 0 Å². The average Bonchev–Trinajstić information content (AvgIpc) is 3.28. The zero-order valence-corrected chi connectivity index (χ0v) is 21.4. The second kappa shape index (κ2) is 11.6. The zero-order chi connectivity index (χ0) is 29.9. The Morgan fingerprint density at radius 2 is 1.83 bits per heavy atom. The number of carbonyl (C=O) groups is 2. The number of aryl methyl sites for hydroxylation is 1. The maximum atomic E-state index is 13.9. The second-order valence-electron chi connectivity index (χ2n) is 8.87. The van der Waals surface area contributed by atoms with Crippen molar-refractivity contribution < 1.29 is 36.3 Å². The van der Waals surface area contributed by atoms with Gasteiger partial charge in [0.25, 0.3) is 0 Å². The van der Waals surface area contributed by atoms with Crippen LogP contribution in [0.4, 0.5) is 22.0 Å². The highest BCUT2D eigenvalue weighted by Crippen LogP contribution is 2.33. The number of Topliss-reactive ketones (excluding diaryl/α,β-unsaturated/α-hetero) is 1. The van der Waals surface area contributed by atoms with E-state index in [0.29, 0.717) is 6.20 Å². The molecule has 0 saturated carbocycles. The molecule has 0 radical (unpaired) electrons. The third-order valence-corrected chi connectivity index (χ3v) is 6.04. The minimum atomic E-state index is -4.75. The molecule has 0 bridgehead atoms. The molecular weight excluding hydrogens is 551 g/mol. The highest BCUT2D eigenvalue weighted by atomic mass is 19.4. The monoisotopic (exact) mass is 570 g/mol. The number of halogens is 5. The fourth-order valence-electron chi connectivity index (χ4n) is 3.96. The van der Waals surface area contributed by atoms with Gasteiger partial charge in [-0.05, 0) is 42.8 Å². The van der Waals surface area contributed by atoms with Gasteiger partial charge in [0.2, 0.25) is 5.95 Å². The summed E-state index contributed by atoms with van der Waals surface area (Å²) in [5.74, 6) is -3.08. The van der Waals surface area contributed by atoms with Crippen molar-refractivity contribution in [3.05, 3.63) is 94.1 Å². The number of ketones is 1. The summed E-state index contributed by atoms with van der Waals surface area (Å²) >= 11 is 0. The number of carbonyl (C=O) groups excluding carboxylic acids is 2. The van der Waals surface area contributed by atoms with Gasteiger partial charge in [0.05, 0.1) is 46.8 Å². The summed E-state index contributed by atoms with van der Waals surface area (Å²) < 4.78 is 73.6. The molecule has 0 saturated heterocycles. The Bertz CT molecular complexity index is 1660. The molecule has 210 valence electrons. The van der Waals surface area contributed by atoms with Crippen LogP contribution in [0.3, 0.4) is 0 Å². The Hall–Kier alpha value is -5.06. The number of aromatic nitrogens is 5. The summed E-state index contributed by atoms with van der Waals surface area (Å²) in [6.07, 6.45) is -4.69. The number of nitrogens with zero attached hydrogens (tertiary/aromatic N) is 6. The number of esters is 1. The van der Waals surface area contributed by atoms with E-state index in [2.05, 4.69) is 20.3 Å². The van der Waals surface area contributed by atoms with Crippen LogP contribution in [0.2, 0.25) is 0 Å². The Kier molecular flexibility index (Phi) is 8.18. The topological polar surface area (TPSA) is 124 Å². The molecular formula is C27H19F5N6O3. The number of benzene rings is 1. The molecule has 0 N–H and O–H groups in total. The summed E-state index contributed by atoms with van der Waals surface area (Å²) in [6.45, 7) is 1.36. The normalized spacial score (nSPS) is 12.0. The number of pyridine rings is 2. The lowest BCUT2D eigenvalue weighted by molar-refractivity contribution is -0.148. The van der Waals surface area contributed by atoms with Gasteiger partial charge in [0, 0.05) is 25.2 Å². The van der Waals surface area contributed by atoms with Crippen LogP contribution >= 0.6 is 0 Å². The van der Waals surface area contributed by atoms with Gasteiger partial charge < -0.3 is 4.74 Å². The van der Waals surface area contributed by atoms with Crippen LogP contribution in [0.15, 0.2) is 48.8 Å². The summed E-state index contributed by atoms with van der Waals surface area (Å²) in [5, 5.41) is 16.8. The smallest absolute Gasteiger partial charge is 0.417 e. The molecule has 3 aromatic heterocycles. The molecule has 3 heterocycles. The van der Waals surface area contributed by atoms with E-state index in [0.717, 1.165) is 18.2 Å². The van der Waals surface area contributed by atoms with Crippen molar-refractivity contribution in [2.75, 3.05) is 0 Å². The molecule has 0 aliphatic carbocycles. The van der Waals surface area contributed by atoms with Gasteiger partial charge in [0.15, 0.2) is 5.78 Å². The first kappa shape index (κ1) is 28.9. The number of alkyl halides is 3. The number of hydrogen-bond acceptors (Lipinski definition) is 8. The van der Waals surface area contributed by atoms with E-state index in [1.165, 1.54) is 49.1 Å². The molecule has 9 nitrogen and oxygen atoms in total. The largest absolute Gasteiger partial charge is 0.457 e. The lowest BCUT2D eigenvalue weighted by Crippen LogP contribution is -2.15. The van der Waals surface area contributed by atoms with Crippen LogP contribution in [-0.4, -0.2) is 36.7 Å². The molecule has 4 rings (SSSR count). The molecule has 4 aromatic rings. The maximum Gasteiger partial charge on any atom is 0.417 e. The second-order valence-corrected chi connectivity index (χ2v) is 8.87. The SMILES string of the molecule is C[C@@H](OC(=O)Cc1c(-c2ccc(C(=O)Cc3ccc(C#N)c(C(F)(F)F)c3)cn2)nnn1C)c1cc(F)cnc1F. The first-order valence-corrected chi connectivity index (χ1v) is 11.9. The summed E-state index contributed by atoms with van der Waals surface area (Å²) in [6, 6.07) is 8.25. The molecule has 0 fully saturated rings. The lowest BCUT2D eigenvalue weighted by atomic mass is 9.99. The van der Waals surface area contributed by atoms with Crippen LogP contribution in [0.25, 0.3) is 11.4 Å². The zero-order valence-electron chi connectivity index (χ0n) is 21.4. The highest BCUT2D eigenvalue weighted by molar-refractivity contribution is 5.97. The Labute approximate surface area is 229 Å². The Balaban J connectivity index is 1.48. The fourth-order valence-corrected chi connectivity index (χ4v) is 3.96. The van der Waals surface area contributed by atoms with Crippen molar-refractivity contribution >= 4 is 11.8 Å². The third-order valence-electron chi connectivity index (χ3n) is 6.04. The number of ether oxygens (including phenoxy) is 1. The number of nitriles is 1. The standard InChI is InChI=1S/C27H19F5N6O3/c1-14(19-9-18(28)13-35-26(19)29)41-24(40)10-22-25(36-37-38(22)2)21-6-5-17(12-34-21)23(39)8-15-3-4-16(11-33)20(7-15)27(30,31)32/h3-7,9,12-14H,8,10H2,1-2H3/t14-/m1/s1. The Morgan fingerprint density at radius 1 is 1.07 bits per heavy atom. The van der Waals surface area contributed by atoms with Gasteiger partial charge in [-0.25, -0.2) is 9.37 Å². The van der Waals surface area contributed by atoms with Crippen LogP contribution < -0.4 is 0 Å². The minimum Gasteiger partial charge on any atom is -0.457 e. The van der Waals surface area contributed by atoms with E-state index >= 15 is 0 Å². The first-order chi connectivity index (χ1) is 19.4. The van der Waals surface area contributed by atoms with Crippen LogP contribution in [-0.2, 0) is 35.6 Å². The van der Waals surface area contributed by atoms with E-state index in [1.807, 2.05) is 0 Å². The van der Waals surface area contributed by atoms with Crippen molar-refractivity contribution in [3.8, 4) is 17.5 Å². The van der Waals surface area contributed by atoms with Gasteiger partial charge in [0.1, 0.15) is 17.6 Å². The van der Waals surface area contributed by atoms with Crippen molar-refractivity contribution in [2.45, 2.75) is 32.0 Å². The van der Waals surface area contributed by atoms with Gasteiger partial charge in [-0.2, -0.15) is 22.8 Å².